The van der Waals surface area contributed by atoms with E-state index in [9.17, 15) is 18.5 Å². The van der Waals surface area contributed by atoms with Gasteiger partial charge in [-0.15, -0.1) is 0 Å². The molecule has 0 amide bonds. The van der Waals surface area contributed by atoms with Crippen LogP contribution in [0.1, 0.15) is 11.1 Å². The minimum absolute atomic E-state index is 0.210. The van der Waals surface area contributed by atoms with Crippen LogP contribution in [0.5, 0.6) is 5.75 Å². The summed E-state index contributed by atoms with van der Waals surface area (Å²) in [5, 5.41) is 11.3. The Kier molecular flexibility index (Phi) is 4.25. The van der Waals surface area contributed by atoms with E-state index < -0.39 is 20.6 Å². The highest BCUT2D eigenvalue weighted by atomic mass is 32.2. The molecule has 0 radical (unpaired) electrons. The van der Waals surface area contributed by atoms with Gasteiger partial charge in [-0.2, -0.15) is 4.31 Å². The van der Waals surface area contributed by atoms with Crippen LogP contribution in [0.15, 0.2) is 47.4 Å². The molecule has 1 aliphatic rings. The van der Waals surface area contributed by atoms with Crippen LogP contribution in [0, 0.1) is 10.1 Å². The number of methoxy groups -OCH3 is 1. The molecule has 0 aromatic heterocycles. The van der Waals surface area contributed by atoms with Crippen LogP contribution in [0.3, 0.4) is 0 Å². The zero-order valence-corrected chi connectivity index (χ0v) is 13.8. The van der Waals surface area contributed by atoms with E-state index >= 15 is 0 Å². The van der Waals surface area contributed by atoms with Gasteiger partial charge in [0.2, 0.25) is 10.0 Å². The van der Waals surface area contributed by atoms with Crippen molar-refractivity contribution in [3.05, 3.63) is 63.7 Å². The summed E-state index contributed by atoms with van der Waals surface area (Å²) in [6.07, 6.45) is 0.583. The standard InChI is InChI=1S/C16H16N2O5S/c1-23-14-6-7-16(15(10-14)18(19)20)24(21,22)17-9-8-12-4-2-3-5-13(12)11-17/h2-7,10H,8-9,11H2,1H3. The molecule has 2 aromatic carbocycles. The van der Waals surface area contributed by atoms with Crippen LogP contribution in [-0.4, -0.2) is 31.3 Å². The summed E-state index contributed by atoms with van der Waals surface area (Å²) in [6, 6.07) is 11.4. The van der Waals surface area contributed by atoms with Gasteiger partial charge >= 0.3 is 0 Å². The minimum Gasteiger partial charge on any atom is -0.497 e. The number of ether oxygens (including phenoxy) is 1. The Morgan fingerprint density at radius 2 is 1.88 bits per heavy atom. The SMILES string of the molecule is COc1ccc(S(=O)(=O)N2CCc3ccccc3C2)c([N+](=O)[O-])c1. The van der Waals surface area contributed by atoms with E-state index in [-0.39, 0.29) is 17.2 Å². The van der Waals surface area contributed by atoms with Crippen molar-refractivity contribution < 1.29 is 18.1 Å². The molecule has 7 nitrogen and oxygen atoms in total. The molecule has 0 spiro atoms. The monoisotopic (exact) mass is 348 g/mol. The van der Waals surface area contributed by atoms with Gasteiger partial charge in [-0.05, 0) is 29.7 Å². The van der Waals surface area contributed by atoms with E-state index in [1.54, 1.807) is 0 Å². The Morgan fingerprint density at radius 3 is 2.54 bits per heavy atom. The third-order valence-electron chi connectivity index (χ3n) is 4.08. The lowest BCUT2D eigenvalue weighted by molar-refractivity contribution is -0.387. The summed E-state index contributed by atoms with van der Waals surface area (Å²) in [6.45, 7) is 0.504. The number of fused-ring (bicyclic) bond motifs is 1. The number of rotatable bonds is 4. The Labute approximate surface area is 139 Å². The normalized spacial score (nSPS) is 14.9. The average molecular weight is 348 g/mol. The van der Waals surface area contributed by atoms with Gasteiger partial charge < -0.3 is 4.74 Å². The van der Waals surface area contributed by atoms with E-state index in [4.69, 9.17) is 4.74 Å². The molecule has 0 bridgehead atoms. The first-order chi connectivity index (χ1) is 11.4. The molecule has 0 atom stereocenters. The number of hydrogen-bond donors (Lipinski definition) is 0. The van der Waals surface area contributed by atoms with E-state index in [0.29, 0.717) is 13.0 Å². The maximum atomic E-state index is 12.9. The molecular formula is C16H16N2O5S. The Bertz CT molecular complexity index is 895. The van der Waals surface area contributed by atoms with Gasteiger partial charge in [0.25, 0.3) is 5.69 Å². The third kappa shape index (κ3) is 2.85. The van der Waals surface area contributed by atoms with Crippen LogP contribution in [0.25, 0.3) is 0 Å². The van der Waals surface area contributed by atoms with Crippen LogP contribution in [-0.2, 0) is 23.0 Å². The Morgan fingerprint density at radius 1 is 1.17 bits per heavy atom. The second-order valence-corrected chi connectivity index (χ2v) is 7.35. The van der Waals surface area contributed by atoms with Crippen molar-refractivity contribution in [3.63, 3.8) is 0 Å². The number of nitro benzene ring substituents is 1. The first-order valence-electron chi connectivity index (χ1n) is 7.33. The second-order valence-electron chi connectivity index (χ2n) is 5.45. The predicted molar refractivity (Wildman–Crippen MR) is 87.4 cm³/mol. The number of hydrogen-bond acceptors (Lipinski definition) is 5. The van der Waals surface area contributed by atoms with Crippen molar-refractivity contribution in [2.45, 2.75) is 17.9 Å². The van der Waals surface area contributed by atoms with Gasteiger partial charge in [0.15, 0.2) is 4.90 Å². The highest BCUT2D eigenvalue weighted by Crippen LogP contribution is 2.32. The van der Waals surface area contributed by atoms with Crippen molar-refractivity contribution in [2.75, 3.05) is 13.7 Å². The predicted octanol–water partition coefficient (Wildman–Crippen LogP) is 2.35. The summed E-state index contributed by atoms with van der Waals surface area (Å²) < 4.78 is 32.0. The molecule has 24 heavy (non-hydrogen) atoms. The zero-order chi connectivity index (χ0) is 17.3. The molecule has 1 aliphatic heterocycles. The second kappa shape index (κ2) is 6.21. The fourth-order valence-corrected chi connectivity index (χ4v) is 4.36. The fraction of sp³-hybridized carbons (Fsp3) is 0.250. The number of nitrogens with zero attached hydrogens (tertiary/aromatic N) is 2. The van der Waals surface area contributed by atoms with Crippen molar-refractivity contribution in [2.24, 2.45) is 0 Å². The number of nitro groups is 1. The Hall–Kier alpha value is -2.45. The van der Waals surface area contributed by atoms with E-state index in [1.807, 2.05) is 24.3 Å². The lowest BCUT2D eigenvalue weighted by atomic mass is 10.0. The third-order valence-corrected chi connectivity index (χ3v) is 5.97. The molecule has 8 heteroatoms. The summed E-state index contributed by atoms with van der Waals surface area (Å²) >= 11 is 0. The van der Waals surface area contributed by atoms with Crippen LogP contribution < -0.4 is 4.74 Å². The minimum atomic E-state index is -3.97. The topological polar surface area (TPSA) is 89.8 Å². The quantitative estimate of drug-likeness (QED) is 0.625. The molecule has 1 heterocycles. The van der Waals surface area contributed by atoms with Gasteiger partial charge in [0.05, 0.1) is 18.1 Å². The van der Waals surface area contributed by atoms with Gasteiger partial charge in [-0.25, -0.2) is 8.42 Å². The van der Waals surface area contributed by atoms with Crippen LogP contribution >= 0.6 is 0 Å². The zero-order valence-electron chi connectivity index (χ0n) is 13.0. The van der Waals surface area contributed by atoms with Crippen molar-refractivity contribution >= 4 is 15.7 Å². The molecule has 126 valence electrons. The fourth-order valence-electron chi connectivity index (χ4n) is 2.80. The van der Waals surface area contributed by atoms with Crippen molar-refractivity contribution in [3.8, 4) is 5.75 Å². The molecule has 0 saturated carbocycles. The first kappa shape index (κ1) is 16.4. The summed E-state index contributed by atoms with van der Waals surface area (Å²) in [5.74, 6) is 0.240. The van der Waals surface area contributed by atoms with Gasteiger partial charge in [0, 0.05) is 13.1 Å². The molecule has 0 unspecified atom stereocenters. The largest absolute Gasteiger partial charge is 0.497 e. The number of sulfonamides is 1. The van der Waals surface area contributed by atoms with Crippen LogP contribution in [0.4, 0.5) is 5.69 Å². The summed E-state index contributed by atoms with van der Waals surface area (Å²) in [7, 11) is -2.60. The molecule has 0 N–H and O–H groups in total. The molecule has 0 aliphatic carbocycles. The van der Waals surface area contributed by atoms with E-state index in [0.717, 1.165) is 17.2 Å². The highest BCUT2D eigenvalue weighted by Gasteiger charge is 2.33. The smallest absolute Gasteiger partial charge is 0.293 e. The van der Waals surface area contributed by atoms with Crippen molar-refractivity contribution in [1.82, 2.24) is 4.31 Å². The lowest BCUT2D eigenvalue weighted by Gasteiger charge is -2.27. The average Bonchev–Trinajstić information content (AvgIpc) is 2.60. The van der Waals surface area contributed by atoms with E-state index in [2.05, 4.69) is 0 Å². The Balaban J connectivity index is 2.02. The van der Waals surface area contributed by atoms with Gasteiger partial charge in [-0.3, -0.25) is 10.1 Å². The van der Waals surface area contributed by atoms with E-state index in [1.165, 1.54) is 23.5 Å². The first-order valence-corrected chi connectivity index (χ1v) is 8.77. The molecule has 0 fully saturated rings. The van der Waals surface area contributed by atoms with Crippen LogP contribution in [0.2, 0.25) is 0 Å². The lowest BCUT2D eigenvalue weighted by Crippen LogP contribution is -2.36. The number of benzene rings is 2. The van der Waals surface area contributed by atoms with Gasteiger partial charge in [0.1, 0.15) is 5.75 Å². The maximum Gasteiger partial charge on any atom is 0.293 e. The summed E-state index contributed by atoms with van der Waals surface area (Å²) in [5.41, 5.74) is 1.55. The molecule has 2 aromatic rings. The van der Waals surface area contributed by atoms with Gasteiger partial charge in [-0.1, -0.05) is 24.3 Å². The maximum absolute atomic E-state index is 12.9. The van der Waals surface area contributed by atoms with Crippen molar-refractivity contribution in [1.29, 1.82) is 0 Å². The summed E-state index contributed by atoms with van der Waals surface area (Å²) in [4.78, 5) is 10.3. The molecular weight excluding hydrogens is 332 g/mol. The molecule has 3 rings (SSSR count). The molecule has 0 saturated heterocycles. The highest BCUT2D eigenvalue weighted by molar-refractivity contribution is 7.89.